The van der Waals surface area contributed by atoms with Crippen LogP contribution in [0.4, 0.5) is 10.1 Å². The Kier molecular flexibility index (Phi) is 6.69. The van der Waals surface area contributed by atoms with Crippen molar-refractivity contribution in [2.75, 3.05) is 32.5 Å². The van der Waals surface area contributed by atoms with Crippen LogP contribution in [-0.4, -0.2) is 55.2 Å². The molecule has 37 heavy (non-hydrogen) atoms. The van der Waals surface area contributed by atoms with Crippen molar-refractivity contribution < 1.29 is 13.9 Å². The minimum Gasteiger partial charge on any atom is -0.457 e. The summed E-state index contributed by atoms with van der Waals surface area (Å²) in [6, 6.07) is 12.2. The Morgan fingerprint density at radius 2 is 1.97 bits per heavy atom. The zero-order chi connectivity index (χ0) is 26.2. The number of amides is 1. The van der Waals surface area contributed by atoms with Crippen LogP contribution in [0.25, 0.3) is 11.3 Å². The minimum atomic E-state index is -0.543. The quantitative estimate of drug-likeness (QED) is 0.374. The van der Waals surface area contributed by atoms with Gasteiger partial charge in [0.15, 0.2) is 0 Å². The maximum atomic E-state index is 15.3. The lowest BCUT2D eigenvalue weighted by Crippen LogP contribution is -2.65. The van der Waals surface area contributed by atoms with E-state index in [0.29, 0.717) is 40.2 Å². The van der Waals surface area contributed by atoms with E-state index in [1.807, 2.05) is 19.1 Å². The third-order valence-corrected chi connectivity index (χ3v) is 7.40. The molecular formula is C29H32FN5O2. The third kappa shape index (κ3) is 4.93. The van der Waals surface area contributed by atoms with E-state index in [0.717, 1.165) is 37.2 Å². The van der Waals surface area contributed by atoms with Crippen molar-refractivity contribution in [2.45, 2.75) is 32.2 Å². The summed E-state index contributed by atoms with van der Waals surface area (Å²) in [7, 11) is 3.89. The lowest BCUT2D eigenvalue weighted by atomic mass is 9.61. The molecule has 1 saturated heterocycles. The molecule has 5 rings (SSSR count). The fraction of sp³-hybridized carbons (Fsp3) is 0.345. The van der Waals surface area contributed by atoms with Crippen molar-refractivity contribution in [3.8, 4) is 22.8 Å². The van der Waals surface area contributed by atoms with Gasteiger partial charge in [-0.1, -0.05) is 6.92 Å². The molecule has 2 fully saturated rings. The number of ether oxygens (including phenoxy) is 1. The molecular weight excluding hydrogens is 469 g/mol. The summed E-state index contributed by atoms with van der Waals surface area (Å²) in [4.78, 5) is 19.7. The van der Waals surface area contributed by atoms with Crippen molar-refractivity contribution in [3.63, 3.8) is 0 Å². The summed E-state index contributed by atoms with van der Waals surface area (Å²) in [5.41, 5.74) is 3.80. The molecule has 0 radical (unpaired) electrons. The summed E-state index contributed by atoms with van der Waals surface area (Å²) in [6.07, 6.45) is 5.33. The van der Waals surface area contributed by atoms with Crippen LogP contribution in [0.2, 0.25) is 0 Å². The van der Waals surface area contributed by atoms with Crippen molar-refractivity contribution in [3.05, 3.63) is 71.2 Å². The Morgan fingerprint density at radius 1 is 1.22 bits per heavy atom. The number of pyridine rings is 1. The molecule has 3 N–H and O–H groups in total. The van der Waals surface area contributed by atoms with Crippen molar-refractivity contribution in [1.29, 1.82) is 5.41 Å². The van der Waals surface area contributed by atoms with Crippen LogP contribution >= 0.6 is 0 Å². The molecule has 7 nitrogen and oxygen atoms in total. The number of aryl methyl sites for hydroxylation is 1. The number of aromatic nitrogens is 1. The molecule has 1 aromatic heterocycles. The first-order chi connectivity index (χ1) is 17.8. The van der Waals surface area contributed by atoms with Gasteiger partial charge in [-0.2, -0.15) is 0 Å². The summed E-state index contributed by atoms with van der Waals surface area (Å²) in [6.45, 7) is 4.07. The zero-order valence-corrected chi connectivity index (χ0v) is 21.4. The average molecular weight is 502 g/mol. The van der Waals surface area contributed by atoms with Crippen molar-refractivity contribution in [1.82, 2.24) is 15.2 Å². The van der Waals surface area contributed by atoms with E-state index in [9.17, 15) is 4.79 Å². The van der Waals surface area contributed by atoms with E-state index in [1.54, 1.807) is 37.5 Å². The van der Waals surface area contributed by atoms with Gasteiger partial charge < -0.3 is 25.7 Å². The molecule has 0 atom stereocenters. The van der Waals surface area contributed by atoms with Gasteiger partial charge in [0.1, 0.15) is 17.3 Å². The molecule has 0 unspecified atom stereocenters. The van der Waals surface area contributed by atoms with Crippen LogP contribution in [0, 0.1) is 16.6 Å². The van der Waals surface area contributed by atoms with Gasteiger partial charge in [-0.25, -0.2) is 4.39 Å². The van der Waals surface area contributed by atoms with Gasteiger partial charge >= 0.3 is 0 Å². The summed E-state index contributed by atoms with van der Waals surface area (Å²) in [5.74, 6) is 0.270. The largest absolute Gasteiger partial charge is 0.457 e. The van der Waals surface area contributed by atoms with E-state index in [4.69, 9.17) is 10.1 Å². The summed E-state index contributed by atoms with van der Waals surface area (Å²) >= 11 is 0. The molecule has 1 amide bonds. The number of carbonyl (C=O) groups is 1. The van der Waals surface area contributed by atoms with Gasteiger partial charge in [-0.3, -0.25) is 9.78 Å². The number of rotatable bonds is 8. The predicted octanol–water partition coefficient (Wildman–Crippen LogP) is 5.11. The Balaban J connectivity index is 1.33. The molecule has 8 heteroatoms. The number of likely N-dealkylation sites (tertiary alicyclic amines) is 1. The molecule has 1 saturated carbocycles. The maximum Gasteiger partial charge on any atom is 0.254 e. The van der Waals surface area contributed by atoms with Gasteiger partial charge in [0.05, 0.1) is 11.3 Å². The Bertz CT molecular complexity index is 1340. The van der Waals surface area contributed by atoms with Crippen LogP contribution in [0.5, 0.6) is 11.5 Å². The highest BCUT2D eigenvalue weighted by molar-refractivity contribution is 5.97. The van der Waals surface area contributed by atoms with E-state index < -0.39 is 5.82 Å². The highest BCUT2D eigenvalue weighted by atomic mass is 19.1. The fourth-order valence-corrected chi connectivity index (χ4v) is 5.76. The second-order valence-corrected chi connectivity index (χ2v) is 10.2. The monoisotopic (exact) mass is 501 g/mol. The maximum absolute atomic E-state index is 15.3. The first-order valence-corrected chi connectivity index (χ1v) is 12.6. The second kappa shape index (κ2) is 9.94. The first kappa shape index (κ1) is 24.9. The van der Waals surface area contributed by atoms with E-state index >= 15 is 4.39 Å². The number of nitrogens with one attached hydrogen (secondary N) is 3. The highest BCUT2D eigenvalue weighted by Crippen LogP contribution is 2.47. The van der Waals surface area contributed by atoms with E-state index in [2.05, 4.69) is 27.6 Å². The Hall–Kier alpha value is -3.78. The van der Waals surface area contributed by atoms with Crippen LogP contribution in [-0.2, 0) is 6.42 Å². The number of hydrogen-bond donors (Lipinski definition) is 3. The van der Waals surface area contributed by atoms with Gasteiger partial charge in [0.2, 0.25) is 0 Å². The highest BCUT2D eigenvalue weighted by Gasteiger charge is 2.51. The Labute approximate surface area is 216 Å². The molecule has 2 heterocycles. The predicted molar refractivity (Wildman–Crippen MR) is 143 cm³/mol. The molecule has 3 aromatic rings. The molecule has 2 aliphatic rings. The minimum absolute atomic E-state index is 0.108. The fourth-order valence-electron chi connectivity index (χ4n) is 5.76. The second-order valence-electron chi connectivity index (χ2n) is 10.2. The van der Waals surface area contributed by atoms with Crippen molar-refractivity contribution in [2.24, 2.45) is 5.41 Å². The molecule has 2 aromatic carbocycles. The molecule has 0 bridgehead atoms. The Morgan fingerprint density at radius 3 is 2.65 bits per heavy atom. The van der Waals surface area contributed by atoms with Crippen molar-refractivity contribution >= 4 is 17.8 Å². The number of benzene rings is 2. The topological polar surface area (TPSA) is 90.3 Å². The van der Waals surface area contributed by atoms with Gasteiger partial charge in [-0.05, 0) is 67.6 Å². The molecule has 1 aliphatic heterocycles. The number of halogens is 1. The normalized spacial score (nSPS) is 16.5. The van der Waals surface area contributed by atoms with E-state index in [-0.39, 0.29) is 17.5 Å². The van der Waals surface area contributed by atoms with Crippen LogP contribution in [0.3, 0.4) is 0 Å². The number of hydrogen-bond acceptors (Lipinski definition) is 6. The smallest absolute Gasteiger partial charge is 0.254 e. The van der Waals surface area contributed by atoms with E-state index in [1.165, 1.54) is 12.3 Å². The number of anilines is 1. The SMILES string of the molecule is CCc1cc(-c2cc(Oc3ccc(C=N)c(NC)c3)ccn2)cc(F)c1C(=O)NC1CC2(C1)CN(C)C2. The number of nitrogens with zero attached hydrogens (tertiary/aromatic N) is 2. The number of carbonyl (C=O) groups excluding carboxylic acids is 1. The van der Waals surface area contributed by atoms with Gasteiger partial charge in [-0.15, -0.1) is 0 Å². The third-order valence-electron chi connectivity index (χ3n) is 7.40. The first-order valence-electron chi connectivity index (χ1n) is 12.6. The summed E-state index contributed by atoms with van der Waals surface area (Å²) < 4.78 is 21.4. The van der Waals surface area contributed by atoms with Crippen LogP contribution in [0.1, 0.15) is 41.3 Å². The lowest BCUT2D eigenvalue weighted by molar-refractivity contribution is -0.0626. The molecule has 192 valence electrons. The zero-order valence-electron chi connectivity index (χ0n) is 21.4. The van der Waals surface area contributed by atoms with Gasteiger partial charge in [0.25, 0.3) is 5.91 Å². The lowest BCUT2D eigenvalue weighted by Gasteiger charge is -2.58. The molecule has 1 spiro atoms. The van der Waals surface area contributed by atoms with Crippen LogP contribution in [0.15, 0.2) is 48.7 Å². The molecule has 1 aliphatic carbocycles. The van der Waals surface area contributed by atoms with Gasteiger partial charge in [0, 0.05) is 67.5 Å². The standard InChI is InChI=1S/C29H32FN5O2/c1-4-18-9-20(10-24(30)27(18)28(36)34-21-13-29(14-21)16-35(3)17-29)26-12-23(7-8-33-26)37-22-6-5-19(15-31)25(11-22)32-2/h5-12,15,21,31-32H,4,13-14,16-17H2,1-3H3,(H,34,36). The average Bonchev–Trinajstić information content (AvgIpc) is 2.86. The summed E-state index contributed by atoms with van der Waals surface area (Å²) in [5, 5.41) is 13.6. The van der Waals surface area contributed by atoms with Crippen LogP contribution < -0.4 is 15.4 Å².